The zero-order valence-electron chi connectivity index (χ0n) is 10.7. The highest BCUT2D eigenvalue weighted by molar-refractivity contribution is 5.14. The summed E-state index contributed by atoms with van der Waals surface area (Å²) >= 11 is 0. The predicted molar refractivity (Wildman–Crippen MR) is 69.3 cm³/mol. The molecule has 0 saturated heterocycles. The molecule has 0 unspecified atom stereocenters. The minimum atomic E-state index is 1.16. The highest BCUT2D eigenvalue weighted by Gasteiger charge is 1.96. The fraction of sp³-hybridized carbons (Fsp3) is 0.571. The quantitative estimate of drug-likeness (QED) is 0.713. The number of nitrogens with zero attached hydrogens (tertiary/aromatic N) is 1. The molecule has 1 heteroatoms. The van der Waals surface area contributed by atoms with E-state index in [1.165, 1.54) is 18.5 Å². The summed E-state index contributed by atoms with van der Waals surface area (Å²) in [6.07, 6.45) is 2.41. The van der Waals surface area contributed by atoms with Gasteiger partial charge >= 0.3 is 0 Å². The largest absolute Gasteiger partial charge is 0.306 e. The Hall–Kier alpha value is -0.820. The van der Waals surface area contributed by atoms with Crippen LogP contribution in [0.15, 0.2) is 30.3 Å². The Morgan fingerprint density at radius 1 is 1.00 bits per heavy atom. The minimum absolute atomic E-state index is 1.16. The van der Waals surface area contributed by atoms with Crippen molar-refractivity contribution in [3.8, 4) is 0 Å². The van der Waals surface area contributed by atoms with E-state index in [-0.39, 0.29) is 0 Å². The van der Waals surface area contributed by atoms with Crippen molar-refractivity contribution in [3.63, 3.8) is 0 Å². The van der Waals surface area contributed by atoms with E-state index in [9.17, 15) is 0 Å². The van der Waals surface area contributed by atoms with Crippen LogP contribution in [0.5, 0.6) is 0 Å². The van der Waals surface area contributed by atoms with Gasteiger partial charge in [-0.05, 0) is 32.0 Å². The lowest BCUT2D eigenvalue weighted by molar-refractivity contribution is 0.339. The van der Waals surface area contributed by atoms with E-state index in [4.69, 9.17) is 0 Å². The molecule has 1 aromatic rings. The zero-order chi connectivity index (χ0) is 11.5. The van der Waals surface area contributed by atoms with Crippen LogP contribution in [0.2, 0.25) is 0 Å². The van der Waals surface area contributed by atoms with Crippen LogP contribution in [0.1, 0.15) is 32.8 Å². The normalized spacial score (nSPS) is 9.67. The first-order chi connectivity index (χ1) is 7.33. The van der Waals surface area contributed by atoms with Gasteiger partial charge in [0.2, 0.25) is 0 Å². The van der Waals surface area contributed by atoms with E-state index >= 15 is 0 Å². The molecule has 0 spiro atoms. The maximum absolute atomic E-state index is 2.38. The third kappa shape index (κ3) is 7.15. The van der Waals surface area contributed by atoms with Gasteiger partial charge in [0.25, 0.3) is 0 Å². The lowest BCUT2D eigenvalue weighted by Gasteiger charge is -2.14. The first kappa shape index (κ1) is 14.2. The fourth-order valence-electron chi connectivity index (χ4n) is 1.46. The van der Waals surface area contributed by atoms with Crippen LogP contribution in [0.4, 0.5) is 0 Å². The van der Waals surface area contributed by atoms with Crippen LogP contribution in [-0.4, -0.2) is 25.0 Å². The minimum Gasteiger partial charge on any atom is -0.306 e. The molecule has 0 aromatic heterocycles. The lowest BCUT2D eigenvalue weighted by atomic mass is 10.1. The maximum Gasteiger partial charge on any atom is 0.00188 e. The summed E-state index contributed by atoms with van der Waals surface area (Å²) < 4.78 is 0. The van der Waals surface area contributed by atoms with Gasteiger partial charge in [0.15, 0.2) is 0 Å². The van der Waals surface area contributed by atoms with Gasteiger partial charge in [-0.2, -0.15) is 0 Å². The molecule has 1 nitrogen and oxygen atoms in total. The van der Waals surface area contributed by atoms with Crippen LogP contribution >= 0.6 is 0 Å². The molecular weight excluding hydrogens is 182 g/mol. The number of benzene rings is 1. The second-order valence-corrected chi connectivity index (χ2v) is 3.54. The third-order valence-electron chi connectivity index (χ3n) is 2.23. The van der Waals surface area contributed by atoms with E-state index in [1.807, 2.05) is 13.8 Å². The monoisotopic (exact) mass is 207 g/mol. The highest BCUT2D eigenvalue weighted by Crippen LogP contribution is 2.00. The summed E-state index contributed by atoms with van der Waals surface area (Å²) in [5.74, 6) is 0. The van der Waals surface area contributed by atoms with Crippen LogP contribution < -0.4 is 0 Å². The van der Waals surface area contributed by atoms with E-state index in [0.29, 0.717) is 0 Å². The Morgan fingerprint density at radius 3 is 2.13 bits per heavy atom. The molecule has 0 N–H and O–H groups in total. The molecule has 0 atom stereocenters. The Balaban J connectivity index is 0.000000921. The van der Waals surface area contributed by atoms with Crippen molar-refractivity contribution < 1.29 is 0 Å². The molecule has 0 saturated carbocycles. The topological polar surface area (TPSA) is 3.24 Å². The van der Waals surface area contributed by atoms with Crippen molar-refractivity contribution in [1.82, 2.24) is 4.90 Å². The van der Waals surface area contributed by atoms with Crippen molar-refractivity contribution in [2.24, 2.45) is 0 Å². The van der Waals surface area contributed by atoms with Crippen molar-refractivity contribution in [2.45, 2.75) is 33.6 Å². The molecule has 0 fully saturated rings. The average molecular weight is 207 g/mol. The van der Waals surface area contributed by atoms with Gasteiger partial charge in [-0.1, -0.05) is 51.1 Å². The average Bonchev–Trinajstić information content (AvgIpc) is 2.31. The van der Waals surface area contributed by atoms with E-state index < -0.39 is 0 Å². The summed E-state index contributed by atoms with van der Waals surface area (Å²) in [5, 5.41) is 0. The van der Waals surface area contributed by atoms with Gasteiger partial charge in [-0.25, -0.2) is 0 Å². The van der Waals surface area contributed by atoms with Crippen LogP contribution in [0, 0.1) is 0 Å². The van der Waals surface area contributed by atoms with Gasteiger partial charge < -0.3 is 4.90 Å². The lowest BCUT2D eigenvalue weighted by Crippen LogP contribution is -2.21. The number of likely N-dealkylation sites (N-methyl/N-ethyl adjacent to an activating group) is 1. The standard InChI is InChI=1S/C12H19N.C2H6/c1-3-10-13(2)11-9-12-7-5-4-6-8-12;1-2/h4-8H,3,9-11H2,1-2H3;1-2H3. The second-order valence-electron chi connectivity index (χ2n) is 3.54. The molecule has 0 bridgehead atoms. The third-order valence-corrected chi connectivity index (χ3v) is 2.23. The predicted octanol–water partition coefficient (Wildman–Crippen LogP) is 3.60. The molecule has 0 radical (unpaired) electrons. The molecule has 0 aliphatic rings. The molecule has 0 amide bonds. The van der Waals surface area contributed by atoms with Crippen LogP contribution in [-0.2, 0) is 6.42 Å². The molecule has 1 aromatic carbocycles. The van der Waals surface area contributed by atoms with Crippen molar-refractivity contribution in [3.05, 3.63) is 35.9 Å². The fourth-order valence-corrected chi connectivity index (χ4v) is 1.46. The summed E-state index contributed by atoms with van der Waals surface area (Å²) in [6.45, 7) is 8.59. The van der Waals surface area contributed by atoms with Crippen molar-refractivity contribution >= 4 is 0 Å². The second kappa shape index (κ2) is 9.72. The molecular formula is C14H25N. The van der Waals surface area contributed by atoms with Crippen LogP contribution in [0.3, 0.4) is 0 Å². The molecule has 86 valence electrons. The van der Waals surface area contributed by atoms with Crippen molar-refractivity contribution in [2.75, 3.05) is 20.1 Å². The smallest absolute Gasteiger partial charge is 0.00188 e. The number of hydrogen-bond donors (Lipinski definition) is 0. The molecule has 0 aliphatic carbocycles. The molecule has 0 heterocycles. The highest BCUT2D eigenvalue weighted by atomic mass is 15.1. The Morgan fingerprint density at radius 2 is 1.60 bits per heavy atom. The Bertz CT molecular complexity index is 218. The number of rotatable bonds is 5. The van der Waals surface area contributed by atoms with Gasteiger partial charge in [-0.3, -0.25) is 0 Å². The number of hydrogen-bond acceptors (Lipinski definition) is 1. The summed E-state index contributed by atoms with van der Waals surface area (Å²) in [4.78, 5) is 2.38. The molecule has 0 aliphatic heterocycles. The van der Waals surface area contributed by atoms with Crippen LogP contribution in [0.25, 0.3) is 0 Å². The molecule has 15 heavy (non-hydrogen) atoms. The van der Waals surface area contributed by atoms with E-state index in [0.717, 1.165) is 13.0 Å². The Kier molecular flexibility index (Phi) is 9.19. The van der Waals surface area contributed by atoms with E-state index in [1.54, 1.807) is 0 Å². The van der Waals surface area contributed by atoms with Crippen molar-refractivity contribution in [1.29, 1.82) is 0 Å². The maximum atomic E-state index is 2.38. The molecule has 1 rings (SSSR count). The van der Waals surface area contributed by atoms with Gasteiger partial charge in [0.1, 0.15) is 0 Å². The van der Waals surface area contributed by atoms with Gasteiger partial charge in [0.05, 0.1) is 0 Å². The zero-order valence-corrected chi connectivity index (χ0v) is 10.7. The van der Waals surface area contributed by atoms with E-state index in [2.05, 4.69) is 49.2 Å². The van der Waals surface area contributed by atoms with Gasteiger partial charge in [0, 0.05) is 6.54 Å². The SMILES string of the molecule is CC.CCCN(C)CCc1ccccc1. The van der Waals surface area contributed by atoms with Gasteiger partial charge in [-0.15, -0.1) is 0 Å². The first-order valence-electron chi connectivity index (χ1n) is 6.05. The summed E-state index contributed by atoms with van der Waals surface area (Å²) in [7, 11) is 2.19. The Labute approximate surface area is 95.1 Å². The first-order valence-corrected chi connectivity index (χ1v) is 6.05. The summed E-state index contributed by atoms with van der Waals surface area (Å²) in [6, 6.07) is 10.7. The summed E-state index contributed by atoms with van der Waals surface area (Å²) in [5.41, 5.74) is 1.44.